The number of halogens is 1. The van der Waals surface area contributed by atoms with Crippen molar-refractivity contribution >= 4 is 5.69 Å². The van der Waals surface area contributed by atoms with Crippen LogP contribution >= 0.6 is 0 Å². The molecule has 94 valence electrons. The van der Waals surface area contributed by atoms with Crippen molar-refractivity contribution in [1.82, 2.24) is 4.90 Å². The van der Waals surface area contributed by atoms with Gasteiger partial charge in [-0.15, -0.1) is 0 Å². The van der Waals surface area contributed by atoms with E-state index >= 15 is 0 Å². The Morgan fingerprint density at radius 3 is 2.88 bits per heavy atom. The van der Waals surface area contributed by atoms with Gasteiger partial charge in [0, 0.05) is 18.8 Å². The van der Waals surface area contributed by atoms with Crippen LogP contribution in [0.5, 0.6) is 0 Å². The Hall–Kier alpha value is -1.13. The molecule has 1 heterocycles. The first-order chi connectivity index (χ1) is 8.20. The van der Waals surface area contributed by atoms with Gasteiger partial charge >= 0.3 is 0 Å². The topological polar surface area (TPSA) is 55.3 Å². The molecule has 0 fully saturated rings. The molecule has 0 spiro atoms. The third-order valence-electron chi connectivity index (χ3n) is 3.34. The van der Waals surface area contributed by atoms with Crippen LogP contribution in [0.2, 0.25) is 0 Å². The third kappa shape index (κ3) is 2.96. The van der Waals surface area contributed by atoms with E-state index in [0.717, 1.165) is 56.6 Å². The quantitative estimate of drug-likeness (QED) is 0.616. The van der Waals surface area contributed by atoms with Crippen molar-refractivity contribution in [2.24, 2.45) is 5.73 Å². The van der Waals surface area contributed by atoms with Gasteiger partial charge in [0.15, 0.2) is 0 Å². The first-order valence-electron chi connectivity index (χ1n) is 6.20. The molecule has 3 nitrogen and oxygen atoms in total. The van der Waals surface area contributed by atoms with E-state index in [4.69, 9.17) is 11.5 Å². The standard InChI is InChI=1S/C13H20FN3/c14-11-7-10-9-17(5-2-1-4-15)6-3-12(10)13(16)8-11/h7-8H,1-6,9,15-16H2. The van der Waals surface area contributed by atoms with Crippen LogP contribution in [0.4, 0.5) is 10.1 Å². The van der Waals surface area contributed by atoms with Crippen LogP contribution in [0.3, 0.4) is 0 Å². The first kappa shape index (κ1) is 12.3. The molecule has 0 amide bonds. The highest BCUT2D eigenvalue weighted by molar-refractivity contribution is 5.52. The molecule has 0 aromatic heterocycles. The maximum absolute atomic E-state index is 13.3. The van der Waals surface area contributed by atoms with Crippen LogP contribution in [-0.2, 0) is 13.0 Å². The first-order valence-corrected chi connectivity index (χ1v) is 6.20. The Bertz CT molecular complexity index is 392. The van der Waals surface area contributed by atoms with Crippen molar-refractivity contribution in [3.63, 3.8) is 0 Å². The fourth-order valence-electron chi connectivity index (χ4n) is 2.42. The van der Waals surface area contributed by atoms with Crippen LogP contribution in [0.25, 0.3) is 0 Å². The van der Waals surface area contributed by atoms with Gasteiger partial charge in [-0.1, -0.05) is 0 Å². The predicted molar refractivity (Wildman–Crippen MR) is 68.1 cm³/mol. The van der Waals surface area contributed by atoms with Crippen LogP contribution in [-0.4, -0.2) is 24.5 Å². The number of nitrogens with two attached hydrogens (primary N) is 2. The lowest BCUT2D eigenvalue weighted by molar-refractivity contribution is 0.249. The summed E-state index contributed by atoms with van der Waals surface area (Å²) in [6.45, 7) is 3.59. The molecule has 0 saturated heterocycles. The summed E-state index contributed by atoms with van der Waals surface area (Å²) in [7, 11) is 0. The van der Waals surface area contributed by atoms with Crippen molar-refractivity contribution in [3.05, 3.63) is 29.1 Å². The molecule has 1 aromatic rings. The zero-order chi connectivity index (χ0) is 12.3. The van der Waals surface area contributed by atoms with Crippen LogP contribution in [0, 0.1) is 5.82 Å². The predicted octanol–water partition coefficient (Wildman–Crippen LogP) is 1.50. The second-order valence-corrected chi connectivity index (χ2v) is 4.65. The highest BCUT2D eigenvalue weighted by Gasteiger charge is 2.18. The summed E-state index contributed by atoms with van der Waals surface area (Å²) < 4.78 is 13.3. The number of hydrogen-bond donors (Lipinski definition) is 2. The molecule has 2 rings (SSSR count). The summed E-state index contributed by atoms with van der Waals surface area (Å²) in [4.78, 5) is 2.34. The molecular weight excluding hydrogens is 217 g/mol. The minimum absolute atomic E-state index is 0.231. The molecular formula is C13H20FN3. The Morgan fingerprint density at radius 2 is 2.12 bits per heavy atom. The highest BCUT2D eigenvalue weighted by Crippen LogP contribution is 2.25. The summed E-state index contributed by atoms with van der Waals surface area (Å²) in [5.41, 5.74) is 14.1. The average molecular weight is 237 g/mol. The summed E-state index contributed by atoms with van der Waals surface area (Å²) in [5, 5.41) is 0. The largest absolute Gasteiger partial charge is 0.398 e. The second kappa shape index (κ2) is 5.47. The van der Waals surface area contributed by atoms with E-state index in [2.05, 4.69) is 4.90 Å². The molecule has 1 aromatic carbocycles. The molecule has 0 radical (unpaired) electrons. The smallest absolute Gasteiger partial charge is 0.125 e. The maximum atomic E-state index is 13.3. The molecule has 0 aliphatic carbocycles. The lowest BCUT2D eigenvalue weighted by Crippen LogP contribution is -2.32. The van der Waals surface area contributed by atoms with Gasteiger partial charge in [0.05, 0.1) is 0 Å². The molecule has 17 heavy (non-hydrogen) atoms. The van der Waals surface area contributed by atoms with E-state index in [9.17, 15) is 4.39 Å². The normalized spacial score (nSPS) is 15.9. The number of rotatable bonds is 4. The monoisotopic (exact) mass is 237 g/mol. The number of fused-ring (bicyclic) bond motifs is 1. The van der Waals surface area contributed by atoms with E-state index < -0.39 is 0 Å². The Labute approximate surface area is 102 Å². The number of nitrogens with zero attached hydrogens (tertiary/aromatic N) is 1. The van der Waals surface area contributed by atoms with Gasteiger partial charge in [-0.25, -0.2) is 4.39 Å². The van der Waals surface area contributed by atoms with Gasteiger partial charge in [0.25, 0.3) is 0 Å². The number of anilines is 1. The van der Waals surface area contributed by atoms with E-state index in [1.54, 1.807) is 6.07 Å². The highest BCUT2D eigenvalue weighted by atomic mass is 19.1. The average Bonchev–Trinajstić information content (AvgIpc) is 2.28. The van der Waals surface area contributed by atoms with Crippen molar-refractivity contribution in [2.45, 2.75) is 25.8 Å². The van der Waals surface area contributed by atoms with Crippen LogP contribution < -0.4 is 11.5 Å². The Kier molecular flexibility index (Phi) is 3.97. The van der Waals surface area contributed by atoms with E-state index in [1.807, 2.05) is 0 Å². The van der Waals surface area contributed by atoms with Crippen molar-refractivity contribution < 1.29 is 4.39 Å². The minimum atomic E-state index is -0.231. The van der Waals surface area contributed by atoms with Crippen molar-refractivity contribution in [3.8, 4) is 0 Å². The molecule has 0 saturated carbocycles. The van der Waals surface area contributed by atoms with Crippen LogP contribution in [0.1, 0.15) is 24.0 Å². The third-order valence-corrected chi connectivity index (χ3v) is 3.34. The number of benzene rings is 1. The maximum Gasteiger partial charge on any atom is 0.125 e. The van der Waals surface area contributed by atoms with E-state index in [0.29, 0.717) is 5.69 Å². The SMILES string of the molecule is NCCCCN1CCc2c(N)cc(F)cc2C1. The van der Waals surface area contributed by atoms with Gasteiger partial charge < -0.3 is 11.5 Å². The van der Waals surface area contributed by atoms with Crippen molar-refractivity contribution in [2.75, 3.05) is 25.4 Å². The lowest BCUT2D eigenvalue weighted by atomic mass is 9.97. The molecule has 0 bridgehead atoms. The zero-order valence-corrected chi connectivity index (χ0v) is 10.1. The molecule has 4 N–H and O–H groups in total. The molecule has 1 aliphatic heterocycles. The van der Waals surface area contributed by atoms with Gasteiger partial charge in [0.1, 0.15) is 5.82 Å². The number of hydrogen-bond acceptors (Lipinski definition) is 3. The summed E-state index contributed by atoms with van der Waals surface area (Å²) >= 11 is 0. The fourth-order valence-corrected chi connectivity index (χ4v) is 2.42. The molecule has 1 aliphatic rings. The molecule has 4 heteroatoms. The zero-order valence-electron chi connectivity index (χ0n) is 10.1. The molecule has 0 atom stereocenters. The summed E-state index contributed by atoms with van der Waals surface area (Å²) in [5.74, 6) is -0.231. The van der Waals surface area contributed by atoms with E-state index in [-0.39, 0.29) is 5.82 Å². The number of nitrogen functional groups attached to an aromatic ring is 1. The Balaban J connectivity index is 2.03. The van der Waals surface area contributed by atoms with E-state index in [1.165, 1.54) is 6.07 Å². The van der Waals surface area contributed by atoms with Gasteiger partial charge in [0.2, 0.25) is 0 Å². The van der Waals surface area contributed by atoms with Gasteiger partial charge in [-0.2, -0.15) is 0 Å². The van der Waals surface area contributed by atoms with Gasteiger partial charge in [-0.05, 0) is 55.6 Å². The lowest BCUT2D eigenvalue weighted by Gasteiger charge is -2.29. The summed E-state index contributed by atoms with van der Waals surface area (Å²) in [6, 6.07) is 3.03. The van der Waals surface area contributed by atoms with Crippen molar-refractivity contribution in [1.29, 1.82) is 0 Å². The number of unbranched alkanes of at least 4 members (excludes halogenated alkanes) is 1. The van der Waals surface area contributed by atoms with Crippen LogP contribution in [0.15, 0.2) is 12.1 Å². The summed E-state index contributed by atoms with van der Waals surface area (Å²) in [6.07, 6.45) is 3.08. The molecule has 0 unspecified atom stereocenters. The van der Waals surface area contributed by atoms with Gasteiger partial charge in [-0.3, -0.25) is 4.90 Å². The minimum Gasteiger partial charge on any atom is -0.398 e. The Morgan fingerprint density at radius 1 is 1.29 bits per heavy atom. The second-order valence-electron chi connectivity index (χ2n) is 4.65. The fraction of sp³-hybridized carbons (Fsp3) is 0.538.